The van der Waals surface area contributed by atoms with Gasteiger partial charge in [0.1, 0.15) is 6.04 Å². The van der Waals surface area contributed by atoms with E-state index in [2.05, 4.69) is 4.98 Å². The predicted molar refractivity (Wildman–Crippen MR) is 82.8 cm³/mol. The molecule has 0 aliphatic carbocycles. The molecule has 5 nitrogen and oxygen atoms in total. The van der Waals surface area contributed by atoms with E-state index in [1.165, 1.54) is 11.3 Å². The molecule has 0 aliphatic rings. The van der Waals surface area contributed by atoms with Gasteiger partial charge in [0, 0.05) is 24.7 Å². The Hall–Kier alpha value is -1.76. The maximum atomic E-state index is 12.6. The first kappa shape index (κ1) is 15.6. The van der Waals surface area contributed by atoms with Gasteiger partial charge in [-0.25, -0.2) is 0 Å². The molecule has 0 saturated heterocycles. The number of hydrogen-bond donors (Lipinski definition) is 1. The van der Waals surface area contributed by atoms with Crippen molar-refractivity contribution in [1.29, 1.82) is 0 Å². The fourth-order valence-corrected chi connectivity index (χ4v) is 2.66. The summed E-state index contributed by atoms with van der Waals surface area (Å²) < 4.78 is 5.08. The first-order chi connectivity index (χ1) is 10.2. The molecule has 21 heavy (non-hydrogen) atoms. The van der Waals surface area contributed by atoms with Crippen LogP contribution >= 0.6 is 11.3 Å². The normalized spacial score (nSPS) is 12.1. The molecule has 1 unspecified atom stereocenters. The second kappa shape index (κ2) is 7.87. The summed E-state index contributed by atoms with van der Waals surface area (Å²) in [6.45, 7) is 1.39. The Morgan fingerprint density at radius 2 is 2.29 bits per heavy atom. The number of pyridine rings is 1. The Labute approximate surface area is 128 Å². The van der Waals surface area contributed by atoms with E-state index < -0.39 is 6.04 Å². The van der Waals surface area contributed by atoms with Crippen LogP contribution in [-0.2, 0) is 16.1 Å². The Morgan fingerprint density at radius 1 is 1.43 bits per heavy atom. The van der Waals surface area contributed by atoms with Crippen molar-refractivity contribution in [2.75, 3.05) is 20.3 Å². The number of hydrogen-bond acceptors (Lipinski definition) is 5. The summed E-state index contributed by atoms with van der Waals surface area (Å²) in [6, 6.07) is 8.78. The molecule has 2 heterocycles. The summed E-state index contributed by atoms with van der Waals surface area (Å²) in [4.78, 5) is 19.4. The lowest BCUT2D eigenvalue weighted by Gasteiger charge is -2.24. The Kier molecular flexibility index (Phi) is 5.86. The van der Waals surface area contributed by atoms with Crippen molar-refractivity contribution < 1.29 is 9.53 Å². The maximum Gasteiger partial charge on any atom is 0.245 e. The topological polar surface area (TPSA) is 68.5 Å². The molecule has 2 aromatic heterocycles. The van der Waals surface area contributed by atoms with Crippen molar-refractivity contribution in [3.63, 3.8) is 0 Å². The number of ether oxygens (including phenoxy) is 1. The van der Waals surface area contributed by atoms with Crippen LogP contribution in [-0.4, -0.2) is 36.1 Å². The molecular formula is C15H19N3O2S. The molecule has 0 aliphatic heterocycles. The number of thiophene rings is 1. The van der Waals surface area contributed by atoms with Crippen LogP contribution in [0.4, 0.5) is 0 Å². The van der Waals surface area contributed by atoms with Gasteiger partial charge < -0.3 is 15.4 Å². The standard InChI is InChI=1S/C15H19N3O2S/c1-20-9-8-18(11-12-5-2-3-7-17-12)15(19)14(16)13-6-4-10-21-13/h2-7,10,14H,8-9,11,16H2,1H3. The van der Waals surface area contributed by atoms with Gasteiger partial charge in [0.05, 0.1) is 18.8 Å². The van der Waals surface area contributed by atoms with Crippen LogP contribution in [0, 0.1) is 0 Å². The Balaban J connectivity index is 2.09. The van der Waals surface area contributed by atoms with Crippen molar-refractivity contribution in [2.45, 2.75) is 12.6 Å². The summed E-state index contributed by atoms with van der Waals surface area (Å²) in [5.74, 6) is -0.111. The Bertz CT molecular complexity index is 545. The first-order valence-corrected chi connectivity index (χ1v) is 7.57. The molecule has 2 rings (SSSR count). The minimum atomic E-state index is -0.634. The lowest BCUT2D eigenvalue weighted by Crippen LogP contribution is -2.39. The number of nitrogens with zero attached hydrogens (tertiary/aromatic N) is 2. The number of amides is 1. The number of carbonyl (C=O) groups is 1. The van der Waals surface area contributed by atoms with E-state index in [1.54, 1.807) is 18.2 Å². The summed E-state index contributed by atoms with van der Waals surface area (Å²) in [6.07, 6.45) is 1.72. The minimum absolute atomic E-state index is 0.111. The zero-order valence-corrected chi connectivity index (χ0v) is 12.8. The first-order valence-electron chi connectivity index (χ1n) is 6.69. The summed E-state index contributed by atoms with van der Waals surface area (Å²) in [7, 11) is 1.61. The van der Waals surface area contributed by atoms with Crippen LogP contribution in [0.3, 0.4) is 0 Å². The lowest BCUT2D eigenvalue weighted by atomic mass is 10.2. The van der Waals surface area contributed by atoms with E-state index >= 15 is 0 Å². The average molecular weight is 305 g/mol. The second-order valence-electron chi connectivity index (χ2n) is 4.57. The van der Waals surface area contributed by atoms with E-state index in [0.29, 0.717) is 19.7 Å². The fourth-order valence-electron chi connectivity index (χ4n) is 1.94. The molecule has 0 spiro atoms. The molecule has 1 atom stereocenters. The number of aromatic nitrogens is 1. The largest absolute Gasteiger partial charge is 0.383 e. The highest BCUT2D eigenvalue weighted by Crippen LogP contribution is 2.19. The second-order valence-corrected chi connectivity index (χ2v) is 5.55. The monoisotopic (exact) mass is 305 g/mol. The molecular weight excluding hydrogens is 286 g/mol. The molecule has 2 aromatic rings. The van der Waals surface area contributed by atoms with E-state index in [9.17, 15) is 4.79 Å². The van der Waals surface area contributed by atoms with Crippen molar-refractivity contribution in [1.82, 2.24) is 9.88 Å². The summed E-state index contributed by atoms with van der Waals surface area (Å²) in [5.41, 5.74) is 6.90. The quantitative estimate of drug-likeness (QED) is 0.847. The lowest BCUT2D eigenvalue weighted by molar-refractivity contribution is -0.134. The third-order valence-electron chi connectivity index (χ3n) is 3.07. The zero-order valence-electron chi connectivity index (χ0n) is 11.9. The van der Waals surface area contributed by atoms with Gasteiger partial charge in [-0.1, -0.05) is 12.1 Å². The molecule has 112 valence electrons. The summed E-state index contributed by atoms with van der Waals surface area (Å²) in [5, 5.41) is 1.92. The number of nitrogens with two attached hydrogens (primary N) is 1. The van der Waals surface area contributed by atoms with Crippen molar-refractivity contribution in [3.8, 4) is 0 Å². The molecule has 0 fully saturated rings. The third kappa shape index (κ3) is 4.35. The molecule has 1 amide bonds. The molecule has 2 N–H and O–H groups in total. The van der Waals surface area contributed by atoms with Crippen LogP contribution in [0.5, 0.6) is 0 Å². The average Bonchev–Trinajstić information content (AvgIpc) is 3.05. The van der Waals surface area contributed by atoms with Gasteiger partial charge in [-0.15, -0.1) is 11.3 Å². The highest BCUT2D eigenvalue weighted by molar-refractivity contribution is 7.10. The minimum Gasteiger partial charge on any atom is -0.383 e. The highest BCUT2D eigenvalue weighted by atomic mass is 32.1. The van der Waals surface area contributed by atoms with Crippen LogP contribution in [0.15, 0.2) is 41.9 Å². The number of methoxy groups -OCH3 is 1. The van der Waals surface area contributed by atoms with E-state index in [-0.39, 0.29) is 5.91 Å². The van der Waals surface area contributed by atoms with Gasteiger partial charge in [0.15, 0.2) is 0 Å². The van der Waals surface area contributed by atoms with E-state index in [1.807, 2.05) is 35.7 Å². The zero-order chi connectivity index (χ0) is 15.1. The van der Waals surface area contributed by atoms with Crippen molar-refractivity contribution in [2.24, 2.45) is 5.73 Å². The molecule has 0 bridgehead atoms. The van der Waals surface area contributed by atoms with Crippen molar-refractivity contribution in [3.05, 3.63) is 52.5 Å². The highest BCUT2D eigenvalue weighted by Gasteiger charge is 2.23. The fraction of sp³-hybridized carbons (Fsp3) is 0.333. The number of rotatable bonds is 7. The van der Waals surface area contributed by atoms with Crippen LogP contribution in [0.1, 0.15) is 16.6 Å². The van der Waals surface area contributed by atoms with Crippen LogP contribution in [0.2, 0.25) is 0 Å². The van der Waals surface area contributed by atoms with Crippen molar-refractivity contribution >= 4 is 17.2 Å². The van der Waals surface area contributed by atoms with Gasteiger partial charge in [0.2, 0.25) is 5.91 Å². The SMILES string of the molecule is COCCN(Cc1ccccn1)C(=O)C(N)c1cccs1. The smallest absolute Gasteiger partial charge is 0.245 e. The predicted octanol–water partition coefficient (Wildman–Crippen LogP) is 1.82. The van der Waals surface area contributed by atoms with Gasteiger partial charge in [-0.05, 0) is 23.6 Å². The Morgan fingerprint density at radius 3 is 2.90 bits per heavy atom. The van der Waals surface area contributed by atoms with Gasteiger partial charge in [0.25, 0.3) is 0 Å². The van der Waals surface area contributed by atoms with E-state index in [4.69, 9.17) is 10.5 Å². The van der Waals surface area contributed by atoms with Gasteiger partial charge in [-0.3, -0.25) is 9.78 Å². The molecule has 0 radical (unpaired) electrons. The molecule has 0 aromatic carbocycles. The molecule has 6 heteroatoms. The van der Waals surface area contributed by atoms with Crippen LogP contribution in [0.25, 0.3) is 0 Å². The maximum absolute atomic E-state index is 12.6. The molecule has 0 saturated carbocycles. The summed E-state index contributed by atoms with van der Waals surface area (Å²) >= 11 is 1.49. The third-order valence-corrected chi connectivity index (χ3v) is 4.03. The van der Waals surface area contributed by atoms with Gasteiger partial charge >= 0.3 is 0 Å². The van der Waals surface area contributed by atoms with E-state index in [0.717, 1.165) is 10.6 Å². The van der Waals surface area contributed by atoms with Gasteiger partial charge in [-0.2, -0.15) is 0 Å². The number of carbonyl (C=O) groups excluding carboxylic acids is 1. The van der Waals surface area contributed by atoms with Crippen LogP contribution < -0.4 is 5.73 Å².